The van der Waals surface area contributed by atoms with Crippen LogP contribution in [-0.4, -0.2) is 48.7 Å². The number of benzene rings is 1. The topological polar surface area (TPSA) is 105 Å². The maximum atomic E-state index is 13.1. The minimum Gasteiger partial charge on any atom is -0.481 e. The first-order valence-corrected chi connectivity index (χ1v) is 10.3. The monoisotopic (exact) mass is 420 g/mol. The van der Waals surface area contributed by atoms with Gasteiger partial charge in [0.2, 0.25) is 5.88 Å². The summed E-state index contributed by atoms with van der Waals surface area (Å²) in [4.78, 5) is 23.4. The second kappa shape index (κ2) is 8.37. The lowest BCUT2D eigenvalue weighted by Crippen LogP contribution is -2.34. The molecule has 2 fully saturated rings. The summed E-state index contributed by atoms with van der Waals surface area (Å²) in [6.45, 7) is 2.23. The number of oxazole rings is 1. The number of ether oxygens (including phenoxy) is 1. The van der Waals surface area contributed by atoms with Gasteiger partial charge in [0, 0.05) is 42.4 Å². The number of anilines is 2. The molecule has 1 aromatic carbocycles. The number of hydrazine groups is 1. The molecule has 5 rings (SSSR count). The van der Waals surface area contributed by atoms with Crippen molar-refractivity contribution in [1.29, 1.82) is 0 Å². The van der Waals surface area contributed by atoms with Crippen molar-refractivity contribution in [3.63, 3.8) is 0 Å². The highest BCUT2D eigenvalue weighted by atomic mass is 16.5. The molecule has 0 radical (unpaired) electrons. The van der Waals surface area contributed by atoms with Crippen LogP contribution in [0.4, 0.5) is 11.5 Å². The van der Waals surface area contributed by atoms with E-state index in [9.17, 15) is 4.79 Å². The molecule has 9 heteroatoms. The molecule has 0 saturated carbocycles. The standard InChI is InChI=1S/C22H24N6O3/c1-30-21-17(15-10-24-25-11-15)5-6-20(27-21)28-8-7-18(22(28)29)26-16-4-2-3-14(9-16)19-12-23-13-31-19/h2-6,9,12-13,15,18,24-26H,7-8,10-11H2,1H3. The zero-order valence-electron chi connectivity index (χ0n) is 17.2. The van der Waals surface area contributed by atoms with E-state index in [1.165, 1.54) is 6.39 Å². The van der Waals surface area contributed by atoms with Gasteiger partial charge in [-0.25, -0.2) is 4.98 Å². The fourth-order valence-electron chi connectivity index (χ4n) is 4.11. The molecule has 1 amide bonds. The van der Waals surface area contributed by atoms with Gasteiger partial charge in [-0.1, -0.05) is 12.1 Å². The Morgan fingerprint density at radius 2 is 2.10 bits per heavy atom. The van der Waals surface area contributed by atoms with Crippen molar-refractivity contribution < 1.29 is 13.9 Å². The highest BCUT2D eigenvalue weighted by Crippen LogP contribution is 2.31. The van der Waals surface area contributed by atoms with E-state index >= 15 is 0 Å². The molecule has 0 aliphatic carbocycles. The number of hydrogen-bond donors (Lipinski definition) is 3. The minimum atomic E-state index is -0.319. The Kier molecular flexibility index (Phi) is 5.27. The average Bonchev–Trinajstić information content (AvgIpc) is 3.57. The van der Waals surface area contributed by atoms with Gasteiger partial charge in [-0.3, -0.25) is 20.5 Å². The van der Waals surface area contributed by atoms with Crippen LogP contribution in [0.15, 0.2) is 53.4 Å². The van der Waals surface area contributed by atoms with Crippen LogP contribution in [-0.2, 0) is 4.79 Å². The first kappa shape index (κ1) is 19.5. The van der Waals surface area contributed by atoms with Crippen molar-refractivity contribution in [3.8, 4) is 17.2 Å². The summed E-state index contributed by atoms with van der Waals surface area (Å²) in [6.07, 6.45) is 3.76. The fourth-order valence-corrected chi connectivity index (χ4v) is 4.11. The molecule has 2 saturated heterocycles. The van der Waals surface area contributed by atoms with Gasteiger partial charge in [0.05, 0.1) is 13.3 Å². The van der Waals surface area contributed by atoms with Crippen LogP contribution in [0.1, 0.15) is 17.9 Å². The lowest BCUT2D eigenvalue weighted by atomic mass is 10.0. The molecule has 2 aromatic heterocycles. The van der Waals surface area contributed by atoms with Crippen LogP contribution in [0.5, 0.6) is 5.88 Å². The van der Waals surface area contributed by atoms with Crippen molar-refractivity contribution >= 4 is 17.4 Å². The third kappa shape index (κ3) is 3.85. The molecule has 0 bridgehead atoms. The number of aromatic nitrogens is 2. The molecular formula is C22H24N6O3. The Bertz CT molecular complexity index is 1060. The fraction of sp³-hybridized carbons (Fsp3) is 0.318. The molecule has 2 aliphatic heterocycles. The second-order valence-corrected chi connectivity index (χ2v) is 7.65. The summed E-state index contributed by atoms with van der Waals surface area (Å²) < 4.78 is 10.9. The van der Waals surface area contributed by atoms with Gasteiger partial charge >= 0.3 is 0 Å². The summed E-state index contributed by atoms with van der Waals surface area (Å²) in [5.41, 5.74) is 9.05. The summed E-state index contributed by atoms with van der Waals surface area (Å²) >= 11 is 0. The van der Waals surface area contributed by atoms with Crippen LogP contribution < -0.4 is 25.8 Å². The number of amides is 1. The first-order valence-electron chi connectivity index (χ1n) is 10.3. The molecule has 3 aromatic rings. The number of carbonyl (C=O) groups is 1. The van der Waals surface area contributed by atoms with E-state index in [0.29, 0.717) is 30.4 Å². The molecule has 2 aliphatic rings. The van der Waals surface area contributed by atoms with Crippen molar-refractivity contribution in [2.45, 2.75) is 18.4 Å². The highest BCUT2D eigenvalue weighted by Gasteiger charge is 2.34. The molecule has 4 heterocycles. The summed E-state index contributed by atoms with van der Waals surface area (Å²) in [5, 5.41) is 3.35. The number of nitrogens with zero attached hydrogens (tertiary/aromatic N) is 3. The minimum absolute atomic E-state index is 0.00317. The van der Waals surface area contributed by atoms with E-state index in [2.05, 4.69) is 26.1 Å². The number of nitrogens with one attached hydrogen (secondary N) is 3. The van der Waals surface area contributed by atoms with Crippen LogP contribution in [0.3, 0.4) is 0 Å². The maximum Gasteiger partial charge on any atom is 0.250 e. The second-order valence-electron chi connectivity index (χ2n) is 7.65. The van der Waals surface area contributed by atoms with Crippen molar-refractivity contribution in [2.24, 2.45) is 0 Å². The molecule has 31 heavy (non-hydrogen) atoms. The van der Waals surface area contributed by atoms with Crippen LogP contribution in [0.2, 0.25) is 0 Å². The Hall–Kier alpha value is -3.43. The molecule has 1 unspecified atom stereocenters. The quantitative estimate of drug-likeness (QED) is 0.557. The van der Waals surface area contributed by atoms with Gasteiger partial charge in [0.15, 0.2) is 12.2 Å². The molecule has 3 N–H and O–H groups in total. The third-order valence-corrected chi connectivity index (χ3v) is 5.73. The van der Waals surface area contributed by atoms with Gasteiger partial charge in [-0.2, -0.15) is 4.98 Å². The predicted octanol–water partition coefficient (Wildman–Crippen LogP) is 2.15. The molecule has 0 spiro atoms. The number of pyridine rings is 1. The average molecular weight is 420 g/mol. The molecular weight excluding hydrogens is 396 g/mol. The number of methoxy groups -OCH3 is 1. The largest absolute Gasteiger partial charge is 0.481 e. The predicted molar refractivity (Wildman–Crippen MR) is 116 cm³/mol. The van der Waals surface area contributed by atoms with E-state index in [-0.39, 0.29) is 17.9 Å². The van der Waals surface area contributed by atoms with E-state index < -0.39 is 0 Å². The van der Waals surface area contributed by atoms with E-state index in [1.54, 1.807) is 18.2 Å². The molecule has 1 atom stereocenters. The highest BCUT2D eigenvalue weighted by molar-refractivity contribution is 6.00. The van der Waals surface area contributed by atoms with E-state index in [0.717, 1.165) is 29.9 Å². The van der Waals surface area contributed by atoms with Gasteiger partial charge in [0.25, 0.3) is 5.91 Å². The lowest BCUT2D eigenvalue weighted by Gasteiger charge is -2.19. The Balaban J connectivity index is 1.31. The number of hydrogen-bond acceptors (Lipinski definition) is 8. The summed E-state index contributed by atoms with van der Waals surface area (Å²) in [7, 11) is 1.61. The van der Waals surface area contributed by atoms with Crippen molar-refractivity contribution in [3.05, 3.63) is 54.6 Å². The van der Waals surface area contributed by atoms with Gasteiger partial charge < -0.3 is 14.5 Å². The first-order chi connectivity index (χ1) is 15.2. The third-order valence-electron chi connectivity index (χ3n) is 5.73. The van der Waals surface area contributed by atoms with Crippen LogP contribution >= 0.6 is 0 Å². The van der Waals surface area contributed by atoms with E-state index in [4.69, 9.17) is 9.15 Å². The maximum absolute atomic E-state index is 13.1. The lowest BCUT2D eigenvalue weighted by molar-refractivity contribution is -0.117. The SMILES string of the molecule is COc1nc(N2CCC(Nc3cccc(-c4cnco4)c3)C2=O)ccc1C1CNNC1. The smallest absolute Gasteiger partial charge is 0.250 e. The number of rotatable bonds is 6. The summed E-state index contributed by atoms with van der Waals surface area (Å²) in [5.74, 6) is 2.15. The molecule has 160 valence electrons. The zero-order valence-corrected chi connectivity index (χ0v) is 17.2. The van der Waals surface area contributed by atoms with Gasteiger partial charge in [-0.15, -0.1) is 0 Å². The van der Waals surface area contributed by atoms with Crippen LogP contribution in [0.25, 0.3) is 11.3 Å². The van der Waals surface area contributed by atoms with Gasteiger partial charge in [-0.05, 0) is 30.7 Å². The van der Waals surface area contributed by atoms with Crippen LogP contribution in [0, 0.1) is 0 Å². The van der Waals surface area contributed by atoms with Crippen molar-refractivity contribution in [1.82, 2.24) is 20.8 Å². The Morgan fingerprint density at radius 1 is 1.23 bits per heavy atom. The Labute approximate surface area is 179 Å². The molecule has 9 nitrogen and oxygen atoms in total. The normalized spacial score (nSPS) is 19.2. The Morgan fingerprint density at radius 3 is 2.87 bits per heavy atom. The summed E-state index contributed by atoms with van der Waals surface area (Å²) in [6, 6.07) is 11.4. The van der Waals surface area contributed by atoms with Crippen molar-refractivity contribution in [2.75, 3.05) is 37.0 Å². The van der Waals surface area contributed by atoms with Gasteiger partial charge in [0.1, 0.15) is 11.9 Å². The number of carbonyl (C=O) groups excluding carboxylic acids is 1. The zero-order chi connectivity index (χ0) is 21.2. The van der Waals surface area contributed by atoms with E-state index in [1.807, 2.05) is 36.4 Å².